The minimum Gasteiger partial charge on any atom is -0.497 e. The number of benzene rings is 2. The fourth-order valence-corrected chi connectivity index (χ4v) is 3.31. The fraction of sp³-hybridized carbons (Fsp3) is 0.440. The van der Waals surface area contributed by atoms with Crippen molar-refractivity contribution in [3.8, 4) is 11.5 Å². The molecule has 0 radical (unpaired) electrons. The second-order valence-electron chi connectivity index (χ2n) is 7.72. The molecule has 0 spiro atoms. The highest BCUT2D eigenvalue weighted by Gasteiger charge is 2.28. The normalized spacial score (nSPS) is 11.6. The average molecular weight is 427 g/mol. The maximum absolute atomic E-state index is 13.1. The van der Waals surface area contributed by atoms with Gasteiger partial charge >= 0.3 is 0 Å². The molecule has 6 heteroatoms. The molecule has 0 unspecified atom stereocenters. The van der Waals surface area contributed by atoms with E-state index in [4.69, 9.17) is 9.47 Å². The van der Waals surface area contributed by atoms with Crippen LogP contribution in [0.2, 0.25) is 0 Å². The van der Waals surface area contributed by atoms with Gasteiger partial charge in [0, 0.05) is 19.0 Å². The maximum Gasteiger partial charge on any atom is 0.243 e. The number of carbonyl (C=O) groups is 2. The molecule has 0 aliphatic heterocycles. The van der Waals surface area contributed by atoms with Gasteiger partial charge in [-0.15, -0.1) is 0 Å². The van der Waals surface area contributed by atoms with Crippen molar-refractivity contribution in [2.75, 3.05) is 13.7 Å². The second kappa shape index (κ2) is 12.6. The standard InChI is InChI=1S/C25H34N2O4/c1-5-23(25(29)26-19(2)3)27(18-20-10-7-6-8-11-20)24(28)12-9-17-31-22-15-13-21(30-4)14-16-22/h6-8,10-11,13-16,19,23H,5,9,12,17-18H2,1-4H3,(H,26,29)/t23-/m1/s1. The number of carbonyl (C=O) groups excluding carboxylic acids is 2. The Balaban J connectivity index is 1.99. The van der Waals surface area contributed by atoms with E-state index in [1.54, 1.807) is 12.0 Å². The summed E-state index contributed by atoms with van der Waals surface area (Å²) in [5.74, 6) is 1.34. The molecule has 0 aliphatic carbocycles. The molecule has 31 heavy (non-hydrogen) atoms. The van der Waals surface area contributed by atoms with Crippen LogP contribution >= 0.6 is 0 Å². The fourth-order valence-electron chi connectivity index (χ4n) is 3.31. The van der Waals surface area contributed by atoms with E-state index in [9.17, 15) is 9.59 Å². The molecule has 0 heterocycles. The van der Waals surface area contributed by atoms with Gasteiger partial charge in [-0.2, -0.15) is 0 Å². The number of hydrogen-bond donors (Lipinski definition) is 1. The number of amides is 2. The van der Waals surface area contributed by atoms with Crippen molar-refractivity contribution in [1.82, 2.24) is 10.2 Å². The molecule has 2 rings (SSSR count). The van der Waals surface area contributed by atoms with Gasteiger partial charge in [-0.3, -0.25) is 9.59 Å². The van der Waals surface area contributed by atoms with E-state index in [0.29, 0.717) is 32.4 Å². The first kappa shape index (κ1) is 24.3. The van der Waals surface area contributed by atoms with Crippen LogP contribution in [0.15, 0.2) is 54.6 Å². The third kappa shape index (κ3) is 7.96. The summed E-state index contributed by atoms with van der Waals surface area (Å²) in [5, 5.41) is 2.95. The van der Waals surface area contributed by atoms with Crippen LogP contribution in [-0.4, -0.2) is 42.5 Å². The Hall–Kier alpha value is -3.02. The summed E-state index contributed by atoms with van der Waals surface area (Å²) in [6, 6.07) is 16.6. The number of ether oxygens (including phenoxy) is 2. The minimum atomic E-state index is -0.502. The molecular weight excluding hydrogens is 392 g/mol. The van der Waals surface area contributed by atoms with Crippen molar-refractivity contribution in [3.63, 3.8) is 0 Å². The smallest absolute Gasteiger partial charge is 0.243 e. The van der Waals surface area contributed by atoms with Gasteiger partial charge in [-0.25, -0.2) is 0 Å². The van der Waals surface area contributed by atoms with Gasteiger partial charge in [-0.05, 0) is 56.5 Å². The second-order valence-corrected chi connectivity index (χ2v) is 7.72. The van der Waals surface area contributed by atoms with Crippen LogP contribution < -0.4 is 14.8 Å². The molecule has 0 saturated heterocycles. The lowest BCUT2D eigenvalue weighted by Crippen LogP contribution is -2.50. The largest absolute Gasteiger partial charge is 0.497 e. The highest BCUT2D eigenvalue weighted by molar-refractivity contribution is 5.87. The quantitative estimate of drug-likeness (QED) is 0.517. The van der Waals surface area contributed by atoms with Crippen LogP contribution in [0, 0.1) is 0 Å². The van der Waals surface area contributed by atoms with Crippen LogP contribution in [0.1, 0.15) is 45.6 Å². The number of methoxy groups -OCH3 is 1. The predicted molar refractivity (Wildman–Crippen MR) is 122 cm³/mol. The van der Waals surface area contributed by atoms with Crippen LogP contribution in [0.5, 0.6) is 11.5 Å². The van der Waals surface area contributed by atoms with Crippen molar-refractivity contribution < 1.29 is 19.1 Å². The van der Waals surface area contributed by atoms with Gasteiger partial charge in [0.05, 0.1) is 13.7 Å². The van der Waals surface area contributed by atoms with Gasteiger partial charge < -0.3 is 19.7 Å². The van der Waals surface area contributed by atoms with Gasteiger partial charge in [0.2, 0.25) is 11.8 Å². The van der Waals surface area contributed by atoms with E-state index in [1.807, 2.05) is 75.4 Å². The van der Waals surface area contributed by atoms with Crippen LogP contribution in [0.25, 0.3) is 0 Å². The Labute approximate surface area is 185 Å². The summed E-state index contributed by atoms with van der Waals surface area (Å²) >= 11 is 0. The first-order valence-electron chi connectivity index (χ1n) is 10.8. The van der Waals surface area contributed by atoms with Crippen LogP contribution in [0.4, 0.5) is 0 Å². The topological polar surface area (TPSA) is 67.9 Å². The zero-order valence-corrected chi connectivity index (χ0v) is 19.0. The number of nitrogens with one attached hydrogen (secondary N) is 1. The number of hydrogen-bond acceptors (Lipinski definition) is 4. The summed E-state index contributed by atoms with van der Waals surface area (Å²) in [5.41, 5.74) is 1.00. The third-order valence-electron chi connectivity index (χ3n) is 4.88. The van der Waals surface area contributed by atoms with E-state index in [-0.39, 0.29) is 17.9 Å². The summed E-state index contributed by atoms with van der Waals surface area (Å²) in [6.45, 7) is 6.60. The minimum absolute atomic E-state index is 0.0214. The van der Waals surface area contributed by atoms with Gasteiger partial charge in [0.1, 0.15) is 17.5 Å². The summed E-state index contributed by atoms with van der Waals surface area (Å²) < 4.78 is 10.9. The van der Waals surface area contributed by atoms with Gasteiger partial charge in [-0.1, -0.05) is 37.3 Å². The highest BCUT2D eigenvalue weighted by atomic mass is 16.5. The Kier molecular flexibility index (Phi) is 9.88. The zero-order chi connectivity index (χ0) is 22.6. The number of rotatable bonds is 12. The molecule has 1 atom stereocenters. The zero-order valence-electron chi connectivity index (χ0n) is 19.0. The Morgan fingerprint density at radius 3 is 2.23 bits per heavy atom. The first-order chi connectivity index (χ1) is 14.9. The SMILES string of the molecule is CC[C@H](C(=O)NC(C)C)N(Cc1ccccc1)C(=O)CCCOc1ccc(OC)cc1. The summed E-state index contributed by atoms with van der Waals surface area (Å²) in [6.07, 6.45) is 1.44. The van der Waals surface area contributed by atoms with Crippen molar-refractivity contribution in [3.05, 3.63) is 60.2 Å². The van der Waals surface area contributed by atoms with E-state index in [1.165, 1.54) is 0 Å². The van der Waals surface area contributed by atoms with Crippen LogP contribution in [0.3, 0.4) is 0 Å². The molecule has 0 aliphatic rings. The average Bonchev–Trinajstić information content (AvgIpc) is 2.77. The predicted octanol–water partition coefficient (Wildman–Crippen LogP) is 4.19. The molecule has 1 N–H and O–H groups in total. The molecule has 0 bridgehead atoms. The molecule has 0 fully saturated rings. The lowest BCUT2D eigenvalue weighted by Gasteiger charge is -2.31. The van der Waals surface area contributed by atoms with E-state index in [2.05, 4.69) is 5.32 Å². The Bertz CT molecular complexity index is 806. The Morgan fingerprint density at radius 1 is 1.00 bits per heavy atom. The number of nitrogens with zero attached hydrogens (tertiary/aromatic N) is 1. The maximum atomic E-state index is 13.1. The van der Waals surface area contributed by atoms with Crippen molar-refractivity contribution in [2.24, 2.45) is 0 Å². The van der Waals surface area contributed by atoms with Crippen molar-refractivity contribution >= 4 is 11.8 Å². The lowest BCUT2D eigenvalue weighted by molar-refractivity contribution is -0.141. The van der Waals surface area contributed by atoms with Gasteiger partial charge in [0.15, 0.2) is 0 Å². The molecule has 6 nitrogen and oxygen atoms in total. The molecule has 2 amide bonds. The molecule has 0 saturated carbocycles. The van der Waals surface area contributed by atoms with Gasteiger partial charge in [0.25, 0.3) is 0 Å². The molecule has 168 valence electrons. The third-order valence-corrected chi connectivity index (χ3v) is 4.88. The summed E-state index contributed by atoms with van der Waals surface area (Å²) in [7, 11) is 1.62. The molecule has 0 aromatic heterocycles. The van der Waals surface area contributed by atoms with E-state index >= 15 is 0 Å². The molecule has 2 aromatic rings. The highest BCUT2D eigenvalue weighted by Crippen LogP contribution is 2.18. The lowest BCUT2D eigenvalue weighted by atomic mass is 10.1. The first-order valence-corrected chi connectivity index (χ1v) is 10.8. The van der Waals surface area contributed by atoms with E-state index in [0.717, 1.165) is 17.1 Å². The molecule has 2 aromatic carbocycles. The van der Waals surface area contributed by atoms with E-state index < -0.39 is 6.04 Å². The van der Waals surface area contributed by atoms with Crippen molar-refractivity contribution in [2.45, 2.75) is 58.7 Å². The van der Waals surface area contributed by atoms with Crippen molar-refractivity contribution in [1.29, 1.82) is 0 Å². The van der Waals surface area contributed by atoms with Crippen LogP contribution in [-0.2, 0) is 16.1 Å². The Morgan fingerprint density at radius 2 is 1.65 bits per heavy atom. The monoisotopic (exact) mass is 426 g/mol. The summed E-state index contributed by atoms with van der Waals surface area (Å²) in [4.78, 5) is 27.5. The molecular formula is C25H34N2O4.